The Hall–Kier alpha value is 0.0300. The molecule has 1 aromatic rings. The molecule has 66 valence electrons. The van der Waals surface area contributed by atoms with Crippen molar-refractivity contribution in [2.75, 3.05) is 19.8 Å². The van der Waals surface area contributed by atoms with Gasteiger partial charge in [0.1, 0.15) is 0 Å². The number of thiazole rings is 1. The number of morpholine rings is 1. The summed E-state index contributed by atoms with van der Waals surface area (Å²) in [6.07, 6.45) is 1.89. The van der Waals surface area contributed by atoms with E-state index in [2.05, 4.69) is 26.2 Å². The van der Waals surface area contributed by atoms with Gasteiger partial charge >= 0.3 is 0 Å². The van der Waals surface area contributed by atoms with Crippen LogP contribution in [0.2, 0.25) is 0 Å². The maximum atomic E-state index is 5.35. The predicted molar refractivity (Wildman–Crippen MR) is 51.4 cm³/mol. The number of halogens is 1. The van der Waals surface area contributed by atoms with E-state index in [1.165, 1.54) is 4.88 Å². The summed E-state index contributed by atoms with van der Waals surface area (Å²) in [5.74, 6) is 0. The van der Waals surface area contributed by atoms with Crippen molar-refractivity contribution in [3.05, 3.63) is 15.0 Å². The van der Waals surface area contributed by atoms with Crippen LogP contribution in [0.1, 0.15) is 10.9 Å². The molecule has 1 N–H and O–H groups in total. The van der Waals surface area contributed by atoms with Gasteiger partial charge in [0, 0.05) is 17.6 Å². The van der Waals surface area contributed by atoms with Crippen LogP contribution >= 0.6 is 27.3 Å². The average molecular weight is 249 g/mol. The van der Waals surface area contributed by atoms with Gasteiger partial charge in [-0.2, -0.15) is 0 Å². The smallest absolute Gasteiger partial charge is 0.159 e. The van der Waals surface area contributed by atoms with Crippen LogP contribution in [-0.2, 0) is 4.74 Å². The van der Waals surface area contributed by atoms with Crippen molar-refractivity contribution in [2.45, 2.75) is 6.04 Å². The van der Waals surface area contributed by atoms with Crippen molar-refractivity contribution in [3.63, 3.8) is 0 Å². The monoisotopic (exact) mass is 248 g/mol. The number of nitrogens with one attached hydrogen (secondary N) is 1. The molecule has 2 heterocycles. The Balaban J connectivity index is 2.08. The molecule has 1 atom stereocenters. The second kappa shape index (κ2) is 3.83. The van der Waals surface area contributed by atoms with E-state index in [-0.39, 0.29) is 0 Å². The van der Waals surface area contributed by atoms with Crippen molar-refractivity contribution in [1.82, 2.24) is 10.3 Å². The minimum Gasteiger partial charge on any atom is -0.378 e. The Morgan fingerprint density at radius 1 is 1.75 bits per heavy atom. The highest BCUT2D eigenvalue weighted by Gasteiger charge is 2.16. The molecule has 1 saturated heterocycles. The number of ether oxygens (including phenoxy) is 1. The molecular formula is C7H9BrN2OS. The standard InChI is InChI=1S/C7H9BrN2OS/c8-7-10-3-6(12-7)5-4-11-2-1-9-5/h3,5,9H,1-2,4H2. The van der Waals surface area contributed by atoms with Gasteiger partial charge in [0.25, 0.3) is 0 Å². The van der Waals surface area contributed by atoms with E-state index in [1.54, 1.807) is 11.3 Å². The Bertz CT molecular complexity index is 260. The van der Waals surface area contributed by atoms with Crippen molar-refractivity contribution < 1.29 is 4.74 Å². The molecule has 0 saturated carbocycles. The summed E-state index contributed by atoms with van der Waals surface area (Å²) in [5, 5.41) is 3.37. The van der Waals surface area contributed by atoms with Crippen LogP contribution in [0.3, 0.4) is 0 Å². The molecule has 0 radical (unpaired) electrons. The highest BCUT2D eigenvalue weighted by molar-refractivity contribution is 9.11. The van der Waals surface area contributed by atoms with E-state index < -0.39 is 0 Å². The molecule has 1 fully saturated rings. The molecule has 0 spiro atoms. The normalized spacial score (nSPS) is 24.2. The van der Waals surface area contributed by atoms with Crippen LogP contribution in [0, 0.1) is 0 Å². The van der Waals surface area contributed by atoms with Crippen molar-refractivity contribution in [3.8, 4) is 0 Å². The fourth-order valence-corrected chi connectivity index (χ4v) is 2.54. The van der Waals surface area contributed by atoms with E-state index in [9.17, 15) is 0 Å². The van der Waals surface area contributed by atoms with Crippen LogP contribution in [0.15, 0.2) is 10.1 Å². The van der Waals surface area contributed by atoms with Crippen LogP contribution < -0.4 is 5.32 Å². The lowest BCUT2D eigenvalue weighted by Gasteiger charge is -2.22. The Morgan fingerprint density at radius 3 is 3.25 bits per heavy atom. The average Bonchev–Trinajstić information content (AvgIpc) is 2.54. The molecule has 0 aliphatic carbocycles. The van der Waals surface area contributed by atoms with E-state index in [4.69, 9.17) is 4.74 Å². The Labute approximate surface area is 83.3 Å². The van der Waals surface area contributed by atoms with Gasteiger partial charge in [-0.1, -0.05) is 0 Å². The zero-order valence-electron chi connectivity index (χ0n) is 6.42. The molecule has 0 amide bonds. The van der Waals surface area contributed by atoms with E-state index >= 15 is 0 Å². The molecule has 5 heteroatoms. The van der Waals surface area contributed by atoms with Gasteiger partial charge in [-0.05, 0) is 15.9 Å². The summed E-state index contributed by atoms with van der Waals surface area (Å²) < 4.78 is 6.28. The Kier molecular flexibility index (Phi) is 2.75. The van der Waals surface area contributed by atoms with Gasteiger partial charge in [-0.15, -0.1) is 11.3 Å². The van der Waals surface area contributed by atoms with E-state index in [0.29, 0.717) is 6.04 Å². The van der Waals surface area contributed by atoms with Crippen molar-refractivity contribution in [1.29, 1.82) is 0 Å². The number of hydrogen-bond acceptors (Lipinski definition) is 4. The highest BCUT2D eigenvalue weighted by atomic mass is 79.9. The molecule has 1 aromatic heterocycles. The number of hydrogen-bond donors (Lipinski definition) is 1. The molecular weight excluding hydrogens is 240 g/mol. The van der Waals surface area contributed by atoms with Crippen LogP contribution in [0.5, 0.6) is 0 Å². The Morgan fingerprint density at radius 2 is 2.67 bits per heavy atom. The number of aromatic nitrogens is 1. The molecule has 12 heavy (non-hydrogen) atoms. The topological polar surface area (TPSA) is 34.1 Å². The first-order valence-electron chi connectivity index (χ1n) is 3.78. The van der Waals surface area contributed by atoms with Gasteiger partial charge in [-0.3, -0.25) is 0 Å². The third-order valence-corrected chi connectivity index (χ3v) is 3.35. The van der Waals surface area contributed by atoms with Gasteiger partial charge in [0.15, 0.2) is 3.92 Å². The summed E-state index contributed by atoms with van der Waals surface area (Å²) in [7, 11) is 0. The largest absolute Gasteiger partial charge is 0.378 e. The number of nitrogens with zero attached hydrogens (tertiary/aromatic N) is 1. The molecule has 2 rings (SSSR count). The number of rotatable bonds is 1. The van der Waals surface area contributed by atoms with Gasteiger partial charge < -0.3 is 10.1 Å². The molecule has 1 aliphatic heterocycles. The lowest BCUT2D eigenvalue weighted by Crippen LogP contribution is -2.33. The van der Waals surface area contributed by atoms with Gasteiger partial charge in [-0.25, -0.2) is 4.98 Å². The highest BCUT2D eigenvalue weighted by Crippen LogP contribution is 2.25. The first kappa shape index (κ1) is 8.62. The zero-order chi connectivity index (χ0) is 8.39. The fourth-order valence-electron chi connectivity index (χ4n) is 1.17. The quantitative estimate of drug-likeness (QED) is 0.820. The van der Waals surface area contributed by atoms with Gasteiger partial charge in [0.05, 0.1) is 19.3 Å². The summed E-state index contributed by atoms with van der Waals surface area (Å²) in [6.45, 7) is 2.51. The first-order valence-corrected chi connectivity index (χ1v) is 5.39. The lowest BCUT2D eigenvalue weighted by atomic mass is 10.2. The lowest BCUT2D eigenvalue weighted by molar-refractivity contribution is 0.0778. The summed E-state index contributed by atoms with van der Waals surface area (Å²) in [5.41, 5.74) is 0. The van der Waals surface area contributed by atoms with E-state index in [0.717, 1.165) is 23.7 Å². The summed E-state index contributed by atoms with van der Waals surface area (Å²) in [4.78, 5) is 5.37. The molecule has 1 aliphatic rings. The van der Waals surface area contributed by atoms with Gasteiger partial charge in [0.2, 0.25) is 0 Å². The molecule has 0 bridgehead atoms. The maximum Gasteiger partial charge on any atom is 0.159 e. The van der Waals surface area contributed by atoms with E-state index in [1.807, 2.05) is 6.20 Å². The summed E-state index contributed by atoms with van der Waals surface area (Å²) in [6, 6.07) is 0.336. The second-order valence-electron chi connectivity index (χ2n) is 2.60. The fraction of sp³-hybridized carbons (Fsp3) is 0.571. The predicted octanol–water partition coefficient (Wildman–Crippen LogP) is 1.57. The van der Waals surface area contributed by atoms with Crippen LogP contribution in [0.25, 0.3) is 0 Å². The molecule has 1 unspecified atom stereocenters. The third-order valence-electron chi connectivity index (χ3n) is 1.76. The van der Waals surface area contributed by atoms with Crippen molar-refractivity contribution >= 4 is 27.3 Å². The maximum absolute atomic E-state index is 5.35. The zero-order valence-corrected chi connectivity index (χ0v) is 8.82. The van der Waals surface area contributed by atoms with Crippen LogP contribution in [-0.4, -0.2) is 24.7 Å². The minimum absolute atomic E-state index is 0.336. The molecule has 0 aromatic carbocycles. The SMILES string of the molecule is Brc1ncc(C2COCCN2)s1. The second-order valence-corrected chi connectivity index (χ2v) is 4.94. The van der Waals surface area contributed by atoms with Crippen molar-refractivity contribution in [2.24, 2.45) is 0 Å². The summed E-state index contributed by atoms with van der Waals surface area (Å²) >= 11 is 4.99. The minimum atomic E-state index is 0.336. The third kappa shape index (κ3) is 1.85. The van der Waals surface area contributed by atoms with Crippen LogP contribution in [0.4, 0.5) is 0 Å². The first-order chi connectivity index (χ1) is 5.86. The molecule has 3 nitrogen and oxygen atoms in total.